The van der Waals surface area contributed by atoms with Crippen molar-refractivity contribution in [3.63, 3.8) is 0 Å². The monoisotopic (exact) mass is 382 g/mol. The number of carbonyl (C=O) groups is 1. The van der Waals surface area contributed by atoms with E-state index >= 15 is 0 Å². The first-order valence-corrected chi connectivity index (χ1v) is 9.65. The maximum atomic E-state index is 13.5. The molecule has 0 N–H and O–H groups in total. The molecule has 1 aliphatic heterocycles. The van der Waals surface area contributed by atoms with E-state index in [4.69, 9.17) is 8.94 Å². The van der Waals surface area contributed by atoms with Crippen LogP contribution in [0.5, 0.6) is 0 Å². The zero-order valence-corrected chi connectivity index (χ0v) is 17.1. The van der Waals surface area contributed by atoms with Crippen LogP contribution in [0.3, 0.4) is 0 Å². The molecular formula is C21H26N4O3. The lowest BCUT2D eigenvalue weighted by molar-refractivity contribution is 0.0646. The number of furan rings is 1. The zero-order valence-electron chi connectivity index (χ0n) is 17.1. The van der Waals surface area contributed by atoms with Crippen LogP contribution < -0.4 is 0 Å². The van der Waals surface area contributed by atoms with Crippen LogP contribution in [0.25, 0.3) is 22.4 Å². The molecule has 3 aromatic heterocycles. The van der Waals surface area contributed by atoms with Gasteiger partial charge in [-0.3, -0.25) is 4.79 Å². The lowest BCUT2D eigenvalue weighted by atomic mass is 10.0. The zero-order chi connectivity index (χ0) is 20.0. The Morgan fingerprint density at radius 2 is 2.07 bits per heavy atom. The second-order valence-electron chi connectivity index (χ2n) is 7.80. The van der Waals surface area contributed by atoms with E-state index in [0.717, 1.165) is 43.0 Å². The van der Waals surface area contributed by atoms with Gasteiger partial charge in [-0.1, -0.05) is 5.16 Å². The van der Waals surface area contributed by atoms with Gasteiger partial charge in [0.05, 0.1) is 22.3 Å². The Hall–Kier alpha value is -2.67. The summed E-state index contributed by atoms with van der Waals surface area (Å²) in [6.07, 6.45) is 2.10. The summed E-state index contributed by atoms with van der Waals surface area (Å²) in [4.78, 5) is 22.2. The number of fused-ring (bicyclic) bond motifs is 1. The van der Waals surface area contributed by atoms with Crippen molar-refractivity contribution in [2.24, 2.45) is 0 Å². The van der Waals surface area contributed by atoms with Crippen LogP contribution in [0, 0.1) is 20.8 Å². The molecule has 7 nitrogen and oxygen atoms in total. The van der Waals surface area contributed by atoms with Gasteiger partial charge in [-0.2, -0.15) is 0 Å². The van der Waals surface area contributed by atoms with Gasteiger partial charge < -0.3 is 18.7 Å². The maximum Gasteiger partial charge on any atom is 0.259 e. The van der Waals surface area contributed by atoms with Crippen molar-refractivity contribution >= 4 is 17.0 Å². The molecule has 1 atom stereocenters. The molecule has 28 heavy (non-hydrogen) atoms. The Balaban J connectivity index is 1.79. The molecule has 3 aromatic rings. The number of likely N-dealkylation sites (N-methyl/N-ethyl adjacent to an activating group) is 2. The van der Waals surface area contributed by atoms with Gasteiger partial charge >= 0.3 is 0 Å². The Morgan fingerprint density at radius 1 is 1.29 bits per heavy atom. The van der Waals surface area contributed by atoms with E-state index < -0.39 is 0 Å². The molecule has 148 valence electrons. The number of aryl methyl sites for hydroxylation is 3. The second kappa shape index (κ2) is 7.05. The summed E-state index contributed by atoms with van der Waals surface area (Å²) < 4.78 is 11.1. The van der Waals surface area contributed by atoms with Crippen LogP contribution in [0.15, 0.2) is 21.1 Å². The SMILES string of the molecule is Cc1cc(-c2cc(C(=O)N(C)C3CCCN(C)C3)c3c(C)noc3n2)c(C)o1. The Bertz CT molecular complexity index is 1040. The number of likely N-dealkylation sites (tertiary alicyclic amines) is 1. The van der Waals surface area contributed by atoms with Crippen LogP contribution in [-0.4, -0.2) is 59.1 Å². The van der Waals surface area contributed by atoms with E-state index in [0.29, 0.717) is 28.1 Å². The third-order valence-electron chi connectivity index (χ3n) is 5.63. The van der Waals surface area contributed by atoms with Crippen LogP contribution >= 0.6 is 0 Å². The number of carbonyl (C=O) groups excluding carboxylic acids is 1. The van der Waals surface area contributed by atoms with Crippen molar-refractivity contribution in [1.82, 2.24) is 19.9 Å². The highest BCUT2D eigenvalue weighted by molar-refractivity contribution is 6.07. The average molecular weight is 382 g/mol. The number of hydrogen-bond donors (Lipinski definition) is 0. The predicted molar refractivity (Wildman–Crippen MR) is 106 cm³/mol. The molecule has 1 fully saturated rings. The van der Waals surface area contributed by atoms with E-state index in [-0.39, 0.29) is 11.9 Å². The molecule has 0 bridgehead atoms. The molecule has 1 saturated heterocycles. The number of nitrogens with zero attached hydrogens (tertiary/aromatic N) is 4. The fourth-order valence-electron chi connectivity index (χ4n) is 4.10. The number of aromatic nitrogens is 2. The molecule has 0 saturated carbocycles. The summed E-state index contributed by atoms with van der Waals surface area (Å²) in [6.45, 7) is 7.59. The first kappa shape index (κ1) is 18.7. The van der Waals surface area contributed by atoms with Crippen molar-refractivity contribution in [2.75, 3.05) is 27.2 Å². The average Bonchev–Trinajstić information content (AvgIpc) is 3.21. The molecule has 7 heteroatoms. The van der Waals surface area contributed by atoms with Gasteiger partial charge in [-0.05, 0) is 59.3 Å². The first-order valence-electron chi connectivity index (χ1n) is 9.65. The largest absolute Gasteiger partial charge is 0.466 e. The number of piperidine rings is 1. The standard InChI is InChI=1S/C21H26N4O3/c1-12-9-16(14(3)27-12)18-10-17(19-13(2)23-28-20(19)22-18)21(26)25(5)15-7-6-8-24(4)11-15/h9-10,15H,6-8,11H2,1-5H3. The summed E-state index contributed by atoms with van der Waals surface area (Å²) in [7, 11) is 3.98. The molecule has 1 amide bonds. The third kappa shape index (κ3) is 3.20. The number of amides is 1. The minimum Gasteiger partial charge on any atom is -0.466 e. The van der Waals surface area contributed by atoms with Gasteiger partial charge in [0.1, 0.15) is 11.5 Å². The normalized spacial score (nSPS) is 18.0. The number of hydrogen-bond acceptors (Lipinski definition) is 6. The van der Waals surface area contributed by atoms with Gasteiger partial charge in [0.15, 0.2) is 0 Å². The van der Waals surface area contributed by atoms with Gasteiger partial charge in [0.25, 0.3) is 11.6 Å². The molecule has 4 heterocycles. The van der Waals surface area contributed by atoms with Gasteiger partial charge in [0.2, 0.25) is 0 Å². The number of rotatable bonds is 3. The summed E-state index contributed by atoms with van der Waals surface area (Å²) in [6, 6.07) is 3.96. The highest BCUT2D eigenvalue weighted by Gasteiger charge is 2.28. The molecule has 0 aliphatic carbocycles. The molecule has 1 aliphatic rings. The fraction of sp³-hybridized carbons (Fsp3) is 0.476. The summed E-state index contributed by atoms with van der Waals surface area (Å²) in [5, 5.41) is 4.73. The first-order chi connectivity index (χ1) is 13.3. The van der Waals surface area contributed by atoms with E-state index in [1.807, 2.05) is 44.9 Å². The van der Waals surface area contributed by atoms with Crippen LogP contribution in [0.1, 0.15) is 40.4 Å². The molecule has 1 unspecified atom stereocenters. The quantitative estimate of drug-likeness (QED) is 0.689. The van der Waals surface area contributed by atoms with Crippen molar-refractivity contribution in [3.05, 3.63) is 34.9 Å². The van der Waals surface area contributed by atoms with Crippen LogP contribution in [0.4, 0.5) is 0 Å². The predicted octanol–water partition coefficient (Wildman–Crippen LogP) is 3.57. The fourth-order valence-corrected chi connectivity index (χ4v) is 4.10. The molecule has 4 rings (SSSR count). The second-order valence-corrected chi connectivity index (χ2v) is 7.80. The van der Waals surface area contributed by atoms with Crippen molar-refractivity contribution in [2.45, 2.75) is 39.7 Å². The van der Waals surface area contributed by atoms with Gasteiger partial charge in [-0.25, -0.2) is 4.98 Å². The van der Waals surface area contributed by atoms with Crippen molar-refractivity contribution in [3.8, 4) is 11.3 Å². The molecule has 0 radical (unpaired) electrons. The minimum atomic E-state index is -0.0295. The Morgan fingerprint density at radius 3 is 2.75 bits per heavy atom. The Labute approximate surface area is 164 Å². The topological polar surface area (TPSA) is 75.6 Å². The summed E-state index contributed by atoms with van der Waals surface area (Å²) in [5.41, 5.74) is 3.16. The van der Waals surface area contributed by atoms with Crippen molar-refractivity contribution in [1.29, 1.82) is 0 Å². The Kier molecular flexibility index (Phi) is 4.71. The smallest absolute Gasteiger partial charge is 0.259 e. The van der Waals surface area contributed by atoms with Gasteiger partial charge in [-0.15, -0.1) is 0 Å². The lowest BCUT2D eigenvalue weighted by Gasteiger charge is -2.36. The lowest BCUT2D eigenvalue weighted by Crippen LogP contribution is -2.47. The van der Waals surface area contributed by atoms with Crippen LogP contribution in [-0.2, 0) is 0 Å². The third-order valence-corrected chi connectivity index (χ3v) is 5.63. The molecule has 0 spiro atoms. The number of pyridine rings is 1. The van der Waals surface area contributed by atoms with E-state index in [2.05, 4.69) is 22.1 Å². The van der Waals surface area contributed by atoms with E-state index in [1.165, 1.54) is 0 Å². The van der Waals surface area contributed by atoms with E-state index in [9.17, 15) is 4.79 Å². The molecule has 0 aromatic carbocycles. The summed E-state index contributed by atoms with van der Waals surface area (Å²) in [5.74, 6) is 1.54. The maximum absolute atomic E-state index is 13.5. The van der Waals surface area contributed by atoms with Crippen LogP contribution in [0.2, 0.25) is 0 Å². The van der Waals surface area contributed by atoms with Gasteiger partial charge in [0, 0.05) is 25.2 Å². The van der Waals surface area contributed by atoms with Crippen molar-refractivity contribution < 1.29 is 13.7 Å². The van der Waals surface area contributed by atoms with E-state index in [1.54, 1.807) is 0 Å². The summed E-state index contributed by atoms with van der Waals surface area (Å²) >= 11 is 0. The highest BCUT2D eigenvalue weighted by Crippen LogP contribution is 2.31. The minimum absolute atomic E-state index is 0.0295. The molecular weight excluding hydrogens is 356 g/mol. The highest BCUT2D eigenvalue weighted by atomic mass is 16.5.